The third-order valence-corrected chi connectivity index (χ3v) is 5.52. The van der Waals surface area contributed by atoms with Crippen LogP contribution in [0.1, 0.15) is 45.1 Å². The molecule has 0 spiro atoms. The van der Waals surface area contributed by atoms with Gasteiger partial charge in [0.1, 0.15) is 0 Å². The topological polar surface area (TPSA) is 37.3 Å². The second-order valence-electron chi connectivity index (χ2n) is 7.38. The summed E-state index contributed by atoms with van der Waals surface area (Å²) in [7, 11) is 0. The van der Waals surface area contributed by atoms with Gasteiger partial charge in [0, 0.05) is 0 Å². The number of hydrogen-bond donors (Lipinski definition) is 1. The molecule has 0 bridgehead atoms. The summed E-state index contributed by atoms with van der Waals surface area (Å²) < 4.78 is 0. The molecule has 0 aliphatic carbocycles. The van der Waals surface area contributed by atoms with E-state index in [1.165, 1.54) is 22.1 Å². The molecule has 4 aromatic carbocycles. The van der Waals surface area contributed by atoms with E-state index in [0.717, 1.165) is 29.4 Å². The molecule has 0 aromatic heterocycles. The summed E-state index contributed by atoms with van der Waals surface area (Å²) in [6.07, 6.45) is 2.25. The predicted octanol–water partition coefficient (Wildman–Crippen LogP) is 6.28. The molecule has 0 saturated carbocycles. The van der Waals surface area contributed by atoms with Crippen LogP contribution in [-0.4, -0.2) is 11.1 Å². The summed E-state index contributed by atoms with van der Waals surface area (Å²) in [4.78, 5) is 12.0. The van der Waals surface area contributed by atoms with E-state index in [1.807, 2.05) is 49.4 Å². The third kappa shape index (κ3) is 3.93. The van der Waals surface area contributed by atoms with E-state index in [2.05, 4.69) is 42.5 Å². The Morgan fingerprint density at radius 1 is 0.759 bits per heavy atom. The van der Waals surface area contributed by atoms with E-state index < -0.39 is 5.97 Å². The van der Waals surface area contributed by atoms with Gasteiger partial charge >= 0.3 is 5.97 Å². The highest BCUT2D eigenvalue weighted by molar-refractivity contribution is 5.99. The molecule has 1 N–H and O–H groups in total. The fraction of sp³-hybridized carbons (Fsp3) is 0.148. The van der Waals surface area contributed by atoms with Crippen molar-refractivity contribution in [3.05, 3.63) is 118 Å². The van der Waals surface area contributed by atoms with Crippen molar-refractivity contribution in [3.8, 4) is 0 Å². The maximum absolute atomic E-state index is 12.0. The highest BCUT2D eigenvalue weighted by Gasteiger charge is 2.19. The van der Waals surface area contributed by atoms with Crippen LogP contribution in [0, 0.1) is 0 Å². The molecule has 0 heterocycles. The quantitative estimate of drug-likeness (QED) is 0.427. The van der Waals surface area contributed by atoms with E-state index in [1.54, 1.807) is 0 Å². The lowest BCUT2D eigenvalue weighted by Crippen LogP contribution is -2.08. The second-order valence-corrected chi connectivity index (χ2v) is 7.38. The summed E-state index contributed by atoms with van der Waals surface area (Å²) in [6, 6.07) is 28.8. The van der Waals surface area contributed by atoms with Crippen molar-refractivity contribution in [2.24, 2.45) is 0 Å². The SMILES string of the molecule is CCc1c(C(=O)O)cc2cccc(Cc3ccccc3)c2c1Cc1ccccc1. The van der Waals surface area contributed by atoms with Gasteiger partial charge in [-0.3, -0.25) is 0 Å². The van der Waals surface area contributed by atoms with Gasteiger partial charge in [-0.2, -0.15) is 0 Å². The minimum atomic E-state index is -0.855. The van der Waals surface area contributed by atoms with Crippen LogP contribution in [0.15, 0.2) is 84.9 Å². The molecule has 0 fully saturated rings. The Labute approximate surface area is 171 Å². The number of carboxylic acids is 1. The predicted molar refractivity (Wildman–Crippen MR) is 119 cm³/mol. The first kappa shape index (κ1) is 18.9. The summed E-state index contributed by atoms with van der Waals surface area (Å²) in [5.41, 5.74) is 6.19. The average molecular weight is 380 g/mol. The van der Waals surface area contributed by atoms with Crippen molar-refractivity contribution in [2.75, 3.05) is 0 Å². The Morgan fingerprint density at radius 2 is 1.38 bits per heavy atom. The maximum Gasteiger partial charge on any atom is 0.335 e. The molecule has 2 heteroatoms. The zero-order valence-corrected chi connectivity index (χ0v) is 16.6. The minimum Gasteiger partial charge on any atom is -0.478 e. The van der Waals surface area contributed by atoms with Crippen LogP contribution in [0.5, 0.6) is 0 Å². The molecule has 0 saturated heterocycles. The zero-order valence-electron chi connectivity index (χ0n) is 16.6. The van der Waals surface area contributed by atoms with Gasteiger partial charge in [-0.25, -0.2) is 4.79 Å². The number of fused-ring (bicyclic) bond motifs is 1. The Bertz CT molecular complexity index is 1150. The number of hydrogen-bond acceptors (Lipinski definition) is 1. The number of rotatable bonds is 6. The highest BCUT2D eigenvalue weighted by atomic mass is 16.4. The molecule has 4 rings (SSSR count). The number of carboxylic acid groups (broad SMARTS) is 1. The lowest BCUT2D eigenvalue weighted by Gasteiger charge is -2.18. The van der Waals surface area contributed by atoms with Crippen LogP contribution in [0.25, 0.3) is 10.8 Å². The fourth-order valence-electron chi connectivity index (χ4n) is 4.22. The third-order valence-electron chi connectivity index (χ3n) is 5.52. The molecule has 0 aliphatic heterocycles. The smallest absolute Gasteiger partial charge is 0.335 e. The summed E-state index contributed by atoms with van der Waals surface area (Å²) in [5, 5.41) is 12.0. The normalized spacial score (nSPS) is 10.9. The maximum atomic E-state index is 12.0. The second kappa shape index (κ2) is 8.32. The molecular weight excluding hydrogens is 356 g/mol. The first-order chi connectivity index (χ1) is 14.2. The van der Waals surface area contributed by atoms with Crippen LogP contribution < -0.4 is 0 Å². The molecule has 2 nitrogen and oxygen atoms in total. The number of carbonyl (C=O) groups is 1. The molecule has 0 amide bonds. The van der Waals surface area contributed by atoms with Gasteiger partial charge in [0.2, 0.25) is 0 Å². The first-order valence-corrected chi connectivity index (χ1v) is 10.0. The molecule has 0 aliphatic rings. The van der Waals surface area contributed by atoms with Crippen molar-refractivity contribution in [1.82, 2.24) is 0 Å². The lowest BCUT2D eigenvalue weighted by molar-refractivity contribution is 0.0696. The Hall–Kier alpha value is -3.39. The molecule has 0 radical (unpaired) electrons. The van der Waals surface area contributed by atoms with Gasteiger partial charge in [0.25, 0.3) is 0 Å². The van der Waals surface area contributed by atoms with Gasteiger partial charge < -0.3 is 5.11 Å². The van der Waals surface area contributed by atoms with E-state index in [4.69, 9.17) is 0 Å². The molecule has 144 valence electrons. The molecule has 0 unspecified atom stereocenters. The van der Waals surface area contributed by atoms with E-state index in [0.29, 0.717) is 12.0 Å². The monoisotopic (exact) mass is 380 g/mol. The van der Waals surface area contributed by atoms with Crippen LogP contribution in [-0.2, 0) is 19.3 Å². The van der Waals surface area contributed by atoms with Crippen molar-refractivity contribution in [2.45, 2.75) is 26.2 Å². The van der Waals surface area contributed by atoms with Crippen LogP contribution in [0.3, 0.4) is 0 Å². The van der Waals surface area contributed by atoms with Gasteiger partial charge in [-0.15, -0.1) is 0 Å². The van der Waals surface area contributed by atoms with Crippen molar-refractivity contribution < 1.29 is 9.90 Å². The summed E-state index contributed by atoms with van der Waals surface area (Å²) in [5.74, 6) is -0.855. The highest BCUT2D eigenvalue weighted by Crippen LogP contribution is 2.32. The first-order valence-electron chi connectivity index (χ1n) is 10.0. The molecular formula is C27H24O2. The van der Waals surface area contributed by atoms with Crippen molar-refractivity contribution in [1.29, 1.82) is 0 Å². The van der Waals surface area contributed by atoms with E-state index in [9.17, 15) is 9.90 Å². The standard InChI is InChI=1S/C27H24O2/c1-2-23-24(17-20-12-7-4-8-13-20)26-21(16-19-10-5-3-6-11-19)14-9-15-22(26)18-25(23)27(28)29/h3-15,18H,2,16-17H2,1H3,(H,28,29). The van der Waals surface area contributed by atoms with Crippen LogP contribution in [0.4, 0.5) is 0 Å². The Morgan fingerprint density at radius 3 is 1.97 bits per heavy atom. The minimum absolute atomic E-state index is 0.419. The zero-order chi connectivity index (χ0) is 20.2. The molecule has 0 atom stereocenters. The average Bonchev–Trinajstić information content (AvgIpc) is 2.75. The van der Waals surface area contributed by atoms with Crippen LogP contribution in [0.2, 0.25) is 0 Å². The van der Waals surface area contributed by atoms with Gasteiger partial charge in [-0.1, -0.05) is 85.8 Å². The molecule has 29 heavy (non-hydrogen) atoms. The number of benzene rings is 4. The van der Waals surface area contributed by atoms with Crippen molar-refractivity contribution >= 4 is 16.7 Å². The van der Waals surface area contributed by atoms with E-state index >= 15 is 0 Å². The van der Waals surface area contributed by atoms with Gasteiger partial charge in [0.15, 0.2) is 0 Å². The Kier molecular flexibility index (Phi) is 5.44. The van der Waals surface area contributed by atoms with E-state index in [-0.39, 0.29) is 0 Å². The van der Waals surface area contributed by atoms with Crippen molar-refractivity contribution in [3.63, 3.8) is 0 Å². The molecule has 4 aromatic rings. The lowest BCUT2D eigenvalue weighted by atomic mass is 9.85. The van der Waals surface area contributed by atoms with Crippen LogP contribution >= 0.6 is 0 Å². The summed E-state index contributed by atoms with van der Waals surface area (Å²) >= 11 is 0. The summed E-state index contributed by atoms with van der Waals surface area (Å²) in [6.45, 7) is 2.04. The van der Waals surface area contributed by atoms with Gasteiger partial charge in [-0.05, 0) is 63.9 Å². The number of aromatic carboxylic acids is 1. The largest absolute Gasteiger partial charge is 0.478 e. The van der Waals surface area contributed by atoms with Gasteiger partial charge in [0.05, 0.1) is 5.56 Å². The Balaban J connectivity index is 1.97. The fourth-order valence-corrected chi connectivity index (χ4v) is 4.22.